The third kappa shape index (κ3) is 7.91. The summed E-state index contributed by atoms with van der Waals surface area (Å²) >= 11 is 0. The maximum absolute atomic E-state index is 12.2. The predicted molar refractivity (Wildman–Crippen MR) is 143 cm³/mol. The molecule has 0 spiro atoms. The molecule has 0 amide bonds. The average Bonchev–Trinajstić information content (AvgIpc) is 3.03. The van der Waals surface area contributed by atoms with Gasteiger partial charge in [-0.3, -0.25) is 4.79 Å². The molecule has 4 fully saturated rings. The fourth-order valence-corrected chi connectivity index (χ4v) is 5.80. The van der Waals surface area contributed by atoms with Crippen LogP contribution in [0.4, 0.5) is 0 Å². The Kier molecular flexibility index (Phi) is 13.0. The maximum atomic E-state index is 12.2. The molecular formula is C26H42O22. The molecule has 48 heavy (non-hydrogen) atoms. The highest BCUT2D eigenvalue weighted by Gasteiger charge is 2.56. The molecule has 0 aromatic rings. The van der Waals surface area contributed by atoms with Gasteiger partial charge in [0.15, 0.2) is 37.4 Å². The predicted octanol–water partition coefficient (Wildman–Crippen LogP) is -8.06. The molecule has 0 bridgehead atoms. The van der Waals surface area contributed by atoms with E-state index in [4.69, 9.17) is 37.9 Å². The molecule has 4 aliphatic heterocycles. The number of hydrogen-bond acceptors (Lipinski definition) is 21. The third-order valence-electron chi connectivity index (χ3n) is 8.40. The van der Waals surface area contributed by atoms with Gasteiger partial charge in [0.1, 0.15) is 79.4 Å². The van der Waals surface area contributed by atoms with E-state index >= 15 is 0 Å². The normalized spacial score (nSPS) is 50.1. The number of hydrogen-bond donors (Lipinski definition) is 12. The quantitative estimate of drug-likeness (QED) is 0.0938. The van der Waals surface area contributed by atoms with Gasteiger partial charge in [-0.25, -0.2) is 4.79 Å². The highest BCUT2D eigenvalue weighted by molar-refractivity contribution is 5.73. The van der Waals surface area contributed by atoms with E-state index < -0.39 is 148 Å². The van der Waals surface area contributed by atoms with E-state index in [0.717, 1.165) is 6.92 Å². The first-order valence-electron chi connectivity index (χ1n) is 14.8. The van der Waals surface area contributed by atoms with Crippen molar-refractivity contribution < 1.29 is 109 Å². The Bertz CT molecular complexity index is 1080. The minimum atomic E-state index is -2.18. The van der Waals surface area contributed by atoms with Crippen molar-refractivity contribution in [1.82, 2.24) is 0 Å². The van der Waals surface area contributed by atoms with Gasteiger partial charge in [-0.05, 0) is 6.92 Å². The Morgan fingerprint density at radius 3 is 1.58 bits per heavy atom. The van der Waals surface area contributed by atoms with Crippen LogP contribution >= 0.6 is 0 Å². The smallest absolute Gasteiger partial charge is 0.335 e. The number of rotatable bonds is 10. The van der Waals surface area contributed by atoms with Crippen LogP contribution in [0.2, 0.25) is 0 Å². The molecule has 12 N–H and O–H groups in total. The average molecular weight is 707 g/mol. The largest absolute Gasteiger partial charge is 0.479 e. The van der Waals surface area contributed by atoms with Crippen LogP contribution in [0.5, 0.6) is 0 Å². The van der Waals surface area contributed by atoms with Gasteiger partial charge in [-0.1, -0.05) is 0 Å². The van der Waals surface area contributed by atoms with Crippen molar-refractivity contribution in [1.29, 1.82) is 0 Å². The number of aliphatic hydroxyl groups is 11. The van der Waals surface area contributed by atoms with Gasteiger partial charge >= 0.3 is 11.9 Å². The van der Waals surface area contributed by atoms with E-state index in [1.165, 1.54) is 6.92 Å². The SMILES string of the molecule is CC(=O)O[C@@H]1C(O)O[C@@H](C)[C@@H](O[C@@H]2O[C@H](C(=O)O)[C@@H](O[C@H]3O[C@H](CO)[C@@H](O[C@@H]4O[C@H](CO)[C@H](O)[C@H](O)[C@H]4O)[C@H](O)[C@H]3O)[C@H](O)[C@H]2O)[C@H]1O. The molecule has 4 aliphatic rings. The Hall–Kier alpha value is -1.78. The Labute approximate surface area is 271 Å². The topological polar surface area (TPSA) is 351 Å². The zero-order chi connectivity index (χ0) is 35.8. The zero-order valence-corrected chi connectivity index (χ0v) is 25.4. The van der Waals surface area contributed by atoms with Crippen molar-refractivity contribution in [2.24, 2.45) is 0 Å². The molecule has 22 heteroatoms. The second kappa shape index (κ2) is 16.1. The number of carbonyl (C=O) groups excluding carboxylic acids is 1. The van der Waals surface area contributed by atoms with Crippen LogP contribution in [-0.2, 0) is 47.5 Å². The van der Waals surface area contributed by atoms with Gasteiger partial charge in [0.2, 0.25) is 0 Å². The molecule has 20 atom stereocenters. The van der Waals surface area contributed by atoms with E-state index in [1.807, 2.05) is 0 Å². The van der Waals surface area contributed by atoms with E-state index in [0.29, 0.717) is 0 Å². The van der Waals surface area contributed by atoms with Crippen LogP contribution in [0.1, 0.15) is 13.8 Å². The van der Waals surface area contributed by atoms with Crippen LogP contribution < -0.4 is 0 Å². The van der Waals surface area contributed by atoms with Crippen molar-refractivity contribution in [3.63, 3.8) is 0 Å². The standard InChI is InChI=1S/C26H42O22/c1-5-17(16(37)20(23(40)41-5)42-6(2)29)45-26-15(36)12(33)19(21(48-26)22(38)39)47-25-14(35)11(32)18(8(4-28)44-25)46-24-13(34)10(31)9(30)7(3-27)43-24/h5,7-21,23-28,30-37,40H,3-4H2,1-2H3,(H,38,39)/t5-,7+,8+,9-,10-,11+,12+,13+,14+,15+,16+,17+,18+,19-,20-,21-,23?,24-,25+,26+/m0/s1. The number of carboxylic acids is 1. The number of ether oxygens (including phenoxy) is 8. The minimum Gasteiger partial charge on any atom is -0.479 e. The summed E-state index contributed by atoms with van der Waals surface area (Å²) in [5.41, 5.74) is 0. The van der Waals surface area contributed by atoms with Crippen LogP contribution in [0, 0.1) is 0 Å². The molecule has 1 unspecified atom stereocenters. The summed E-state index contributed by atoms with van der Waals surface area (Å²) in [5.74, 6) is -2.67. The molecule has 278 valence electrons. The van der Waals surface area contributed by atoms with Crippen molar-refractivity contribution in [2.75, 3.05) is 13.2 Å². The maximum Gasteiger partial charge on any atom is 0.335 e. The number of carboxylic acid groups (broad SMARTS) is 1. The van der Waals surface area contributed by atoms with Gasteiger partial charge < -0.3 is 99.2 Å². The summed E-state index contributed by atoms with van der Waals surface area (Å²) in [5, 5.41) is 124. The Balaban J connectivity index is 1.46. The Morgan fingerprint density at radius 1 is 0.562 bits per heavy atom. The third-order valence-corrected chi connectivity index (χ3v) is 8.40. The Morgan fingerprint density at radius 2 is 1.04 bits per heavy atom. The van der Waals surface area contributed by atoms with E-state index in [-0.39, 0.29) is 0 Å². The molecule has 4 heterocycles. The lowest BCUT2D eigenvalue weighted by Crippen LogP contribution is -2.67. The van der Waals surface area contributed by atoms with Crippen LogP contribution in [0.25, 0.3) is 0 Å². The number of aliphatic hydroxyl groups excluding tert-OH is 11. The molecule has 0 aromatic carbocycles. The lowest BCUT2D eigenvalue weighted by atomic mass is 9.95. The summed E-state index contributed by atoms with van der Waals surface area (Å²) in [7, 11) is 0. The molecule has 0 aromatic heterocycles. The molecule has 0 aliphatic carbocycles. The lowest BCUT2D eigenvalue weighted by molar-refractivity contribution is -0.383. The van der Waals surface area contributed by atoms with Gasteiger partial charge in [0.05, 0.1) is 19.3 Å². The van der Waals surface area contributed by atoms with Gasteiger partial charge in [-0.15, -0.1) is 0 Å². The summed E-state index contributed by atoms with van der Waals surface area (Å²) in [6.45, 7) is 0.559. The minimum absolute atomic E-state index is 0.809. The fourth-order valence-electron chi connectivity index (χ4n) is 5.80. The molecular weight excluding hydrogens is 664 g/mol. The summed E-state index contributed by atoms with van der Waals surface area (Å²) in [4.78, 5) is 23.6. The van der Waals surface area contributed by atoms with Crippen molar-refractivity contribution in [3.05, 3.63) is 0 Å². The first kappa shape index (κ1) is 39.0. The number of aliphatic carboxylic acids is 1. The van der Waals surface area contributed by atoms with Crippen molar-refractivity contribution in [3.8, 4) is 0 Å². The molecule has 22 nitrogen and oxygen atoms in total. The van der Waals surface area contributed by atoms with Gasteiger partial charge in [-0.2, -0.15) is 0 Å². The highest BCUT2D eigenvalue weighted by Crippen LogP contribution is 2.34. The molecule has 4 saturated heterocycles. The van der Waals surface area contributed by atoms with Crippen LogP contribution in [0.15, 0.2) is 0 Å². The van der Waals surface area contributed by atoms with Gasteiger partial charge in [0, 0.05) is 6.92 Å². The molecule has 4 rings (SSSR count). The number of carbonyl (C=O) groups is 2. The summed E-state index contributed by atoms with van der Waals surface area (Å²) < 4.78 is 42.5. The number of esters is 1. The van der Waals surface area contributed by atoms with Crippen molar-refractivity contribution >= 4 is 11.9 Å². The second-order valence-electron chi connectivity index (χ2n) is 11.7. The fraction of sp³-hybridized carbons (Fsp3) is 0.923. The van der Waals surface area contributed by atoms with E-state index in [2.05, 4.69) is 0 Å². The highest BCUT2D eigenvalue weighted by atomic mass is 16.8. The second-order valence-corrected chi connectivity index (χ2v) is 11.7. The van der Waals surface area contributed by atoms with E-state index in [1.54, 1.807) is 0 Å². The monoisotopic (exact) mass is 706 g/mol. The zero-order valence-electron chi connectivity index (χ0n) is 25.4. The van der Waals surface area contributed by atoms with Gasteiger partial charge in [0.25, 0.3) is 0 Å². The van der Waals surface area contributed by atoms with Crippen molar-refractivity contribution in [2.45, 2.75) is 137 Å². The first-order chi connectivity index (χ1) is 22.5. The lowest BCUT2D eigenvalue weighted by Gasteiger charge is -2.48. The summed E-state index contributed by atoms with van der Waals surface area (Å²) in [6.07, 6.45) is -36.7. The van der Waals surface area contributed by atoms with E-state index in [9.17, 15) is 70.9 Å². The van der Waals surface area contributed by atoms with Crippen LogP contribution in [0.3, 0.4) is 0 Å². The molecule has 0 saturated carbocycles. The van der Waals surface area contributed by atoms with Crippen LogP contribution in [-0.4, -0.2) is 209 Å². The summed E-state index contributed by atoms with van der Waals surface area (Å²) in [6, 6.07) is 0. The molecule has 0 radical (unpaired) electrons. The first-order valence-corrected chi connectivity index (χ1v) is 14.8.